The Morgan fingerprint density at radius 2 is 1.88 bits per heavy atom. The molecule has 1 saturated heterocycles. The van der Waals surface area contributed by atoms with Crippen molar-refractivity contribution < 1.29 is 4.74 Å². The van der Waals surface area contributed by atoms with Crippen molar-refractivity contribution in [2.45, 2.75) is 46.1 Å². The zero-order chi connectivity index (χ0) is 12.9. The highest BCUT2D eigenvalue weighted by molar-refractivity contribution is 4.82. The minimum absolute atomic E-state index is 0.368. The summed E-state index contributed by atoms with van der Waals surface area (Å²) in [4.78, 5) is 2.58. The fourth-order valence-corrected chi connectivity index (χ4v) is 2.79. The highest BCUT2D eigenvalue weighted by Gasteiger charge is 2.27. The number of rotatable bonds is 5. The fourth-order valence-electron chi connectivity index (χ4n) is 2.79. The van der Waals surface area contributed by atoms with E-state index in [9.17, 15) is 0 Å². The molecule has 0 aromatic rings. The topological polar surface area (TPSA) is 38.5 Å². The van der Waals surface area contributed by atoms with Crippen LogP contribution in [0.3, 0.4) is 0 Å². The smallest absolute Gasteiger partial charge is 0.0491 e. The van der Waals surface area contributed by atoms with Crippen LogP contribution in [0.2, 0.25) is 0 Å². The summed E-state index contributed by atoms with van der Waals surface area (Å²) >= 11 is 0. The molecule has 0 amide bonds. The molecule has 1 atom stereocenters. The third-order valence-corrected chi connectivity index (χ3v) is 3.69. The molecule has 0 spiro atoms. The number of hydrogen-bond acceptors (Lipinski definition) is 3. The maximum absolute atomic E-state index is 5.94. The second kappa shape index (κ2) is 6.72. The Labute approximate surface area is 107 Å². The van der Waals surface area contributed by atoms with E-state index in [4.69, 9.17) is 10.5 Å². The molecule has 0 aliphatic carbocycles. The van der Waals surface area contributed by atoms with Gasteiger partial charge in [-0.2, -0.15) is 0 Å². The average Bonchev–Trinajstić information content (AvgIpc) is 2.26. The summed E-state index contributed by atoms with van der Waals surface area (Å²) in [5.41, 5.74) is 6.31. The van der Waals surface area contributed by atoms with Crippen molar-refractivity contribution in [1.82, 2.24) is 4.90 Å². The van der Waals surface area contributed by atoms with Crippen molar-refractivity contribution in [3.63, 3.8) is 0 Å². The van der Waals surface area contributed by atoms with Crippen LogP contribution in [0.1, 0.15) is 40.0 Å². The van der Waals surface area contributed by atoms with E-state index in [-0.39, 0.29) is 0 Å². The summed E-state index contributed by atoms with van der Waals surface area (Å²) in [6.07, 6.45) is 3.71. The second-order valence-corrected chi connectivity index (χ2v) is 6.59. The molecule has 17 heavy (non-hydrogen) atoms. The van der Waals surface area contributed by atoms with Gasteiger partial charge in [0.25, 0.3) is 0 Å². The van der Waals surface area contributed by atoms with Crippen LogP contribution in [0.15, 0.2) is 0 Å². The van der Waals surface area contributed by atoms with Gasteiger partial charge in [0.05, 0.1) is 0 Å². The van der Waals surface area contributed by atoms with E-state index in [0.717, 1.165) is 19.1 Å². The van der Waals surface area contributed by atoms with E-state index in [1.807, 2.05) is 0 Å². The van der Waals surface area contributed by atoms with Gasteiger partial charge < -0.3 is 10.5 Å². The quantitative estimate of drug-likeness (QED) is 0.802. The number of hydrogen-bond donors (Lipinski definition) is 1. The Morgan fingerprint density at radius 3 is 2.29 bits per heavy atom. The average molecular weight is 242 g/mol. The fraction of sp³-hybridized carbons (Fsp3) is 1.00. The van der Waals surface area contributed by atoms with Crippen molar-refractivity contribution >= 4 is 0 Å². The maximum Gasteiger partial charge on any atom is 0.0491 e. The molecule has 102 valence electrons. The highest BCUT2D eigenvalue weighted by atomic mass is 16.5. The summed E-state index contributed by atoms with van der Waals surface area (Å²) in [5, 5.41) is 0. The molecule has 0 aromatic heterocycles. The lowest BCUT2D eigenvalue weighted by Gasteiger charge is -2.39. The van der Waals surface area contributed by atoms with Gasteiger partial charge in [-0.3, -0.25) is 4.90 Å². The molecule has 1 rings (SSSR count). The van der Waals surface area contributed by atoms with Crippen molar-refractivity contribution in [3.05, 3.63) is 0 Å². The number of nitrogens with zero attached hydrogens (tertiary/aromatic N) is 1. The molecule has 2 N–H and O–H groups in total. The Hall–Kier alpha value is -0.120. The Morgan fingerprint density at radius 1 is 1.29 bits per heavy atom. The van der Waals surface area contributed by atoms with Gasteiger partial charge in [0.2, 0.25) is 0 Å². The third-order valence-electron chi connectivity index (χ3n) is 3.69. The Bertz CT molecular complexity index is 205. The van der Waals surface area contributed by atoms with Crippen LogP contribution in [0.5, 0.6) is 0 Å². The van der Waals surface area contributed by atoms with Crippen LogP contribution in [-0.2, 0) is 4.74 Å². The first-order chi connectivity index (χ1) is 7.96. The first kappa shape index (κ1) is 14.9. The number of likely N-dealkylation sites (tertiary alicyclic amines) is 1. The van der Waals surface area contributed by atoms with Crippen molar-refractivity contribution in [1.29, 1.82) is 0 Å². The molecule has 3 nitrogen and oxygen atoms in total. The molecule has 1 heterocycles. The maximum atomic E-state index is 5.94. The van der Waals surface area contributed by atoms with E-state index in [1.54, 1.807) is 7.11 Å². The molecule has 0 bridgehead atoms. The molecule has 1 aliphatic heterocycles. The number of methoxy groups -OCH3 is 1. The summed E-state index contributed by atoms with van der Waals surface area (Å²) in [6, 6.07) is 0.554. The Kier molecular flexibility index (Phi) is 5.90. The predicted octanol–water partition coefficient (Wildman–Crippen LogP) is 2.11. The minimum Gasteiger partial charge on any atom is -0.384 e. The first-order valence-electron chi connectivity index (χ1n) is 6.89. The second-order valence-electron chi connectivity index (χ2n) is 6.59. The van der Waals surface area contributed by atoms with E-state index >= 15 is 0 Å². The standard InChI is InChI=1S/C14H30N2O/c1-14(2,3)9-13(10-15)16-7-5-12(6-8-16)11-17-4/h12-13H,5-11,15H2,1-4H3. The molecule has 3 heteroatoms. The summed E-state index contributed by atoms with van der Waals surface area (Å²) in [6.45, 7) is 11.0. The van der Waals surface area contributed by atoms with E-state index in [2.05, 4.69) is 25.7 Å². The molecular formula is C14H30N2O. The van der Waals surface area contributed by atoms with Gasteiger partial charge in [-0.05, 0) is 43.7 Å². The largest absolute Gasteiger partial charge is 0.384 e. The number of ether oxygens (including phenoxy) is 1. The molecule has 0 aromatic carbocycles. The monoisotopic (exact) mass is 242 g/mol. The normalized spacial score (nSPS) is 21.7. The van der Waals surface area contributed by atoms with Gasteiger partial charge in [-0.1, -0.05) is 20.8 Å². The van der Waals surface area contributed by atoms with Crippen LogP contribution < -0.4 is 5.73 Å². The van der Waals surface area contributed by atoms with Gasteiger partial charge in [-0.15, -0.1) is 0 Å². The molecule has 0 radical (unpaired) electrons. The predicted molar refractivity (Wildman–Crippen MR) is 73.1 cm³/mol. The molecular weight excluding hydrogens is 212 g/mol. The van der Waals surface area contributed by atoms with Crippen LogP contribution >= 0.6 is 0 Å². The van der Waals surface area contributed by atoms with E-state index in [0.29, 0.717) is 11.5 Å². The summed E-state index contributed by atoms with van der Waals surface area (Å²) in [5.74, 6) is 0.754. The van der Waals surface area contributed by atoms with E-state index < -0.39 is 0 Å². The lowest BCUT2D eigenvalue weighted by Crippen LogP contribution is -2.47. The van der Waals surface area contributed by atoms with Gasteiger partial charge >= 0.3 is 0 Å². The van der Waals surface area contributed by atoms with Crippen LogP contribution in [0.4, 0.5) is 0 Å². The van der Waals surface area contributed by atoms with Gasteiger partial charge in [-0.25, -0.2) is 0 Å². The SMILES string of the molecule is COCC1CCN(C(CN)CC(C)(C)C)CC1. The van der Waals surface area contributed by atoms with Crippen molar-refractivity contribution in [2.75, 3.05) is 33.4 Å². The molecule has 1 aliphatic rings. The lowest BCUT2D eigenvalue weighted by molar-refractivity contribution is 0.0692. The van der Waals surface area contributed by atoms with Crippen LogP contribution in [0, 0.1) is 11.3 Å². The lowest BCUT2D eigenvalue weighted by atomic mass is 9.86. The summed E-state index contributed by atoms with van der Waals surface area (Å²) < 4.78 is 5.24. The molecule has 1 unspecified atom stereocenters. The third kappa shape index (κ3) is 5.36. The minimum atomic E-state index is 0.368. The van der Waals surface area contributed by atoms with Crippen LogP contribution in [-0.4, -0.2) is 44.3 Å². The van der Waals surface area contributed by atoms with Gasteiger partial charge in [0, 0.05) is 26.3 Å². The van der Waals surface area contributed by atoms with Crippen LogP contribution in [0.25, 0.3) is 0 Å². The van der Waals surface area contributed by atoms with Crippen molar-refractivity contribution in [2.24, 2.45) is 17.1 Å². The summed E-state index contributed by atoms with van der Waals surface area (Å²) in [7, 11) is 1.80. The Balaban J connectivity index is 2.40. The van der Waals surface area contributed by atoms with Gasteiger partial charge in [0.15, 0.2) is 0 Å². The number of piperidine rings is 1. The van der Waals surface area contributed by atoms with Crippen molar-refractivity contribution in [3.8, 4) is 0 Å². The molecule has 0 saturated carbocycles. The van der Waals surface area contributed by atoms with E-state index in [1.165, 1.54) is 32.4 Å². The first-order valence-corrected chi connectivity index (χ1v) is 6.89. The molecule has 1 fully saturated rings. The van der Waals surface area contributed by atoms with Gasteiger partial charge in [0.1, 0.15) is 0 Å². The zero-order valence-corrected chi connectivity index (χ0v) is 12.0. The highest BCUT2D eigenvalue weighted by Crippen LogP contribution is 2.26. The zero-order valence-electron chi connectivity index (χ0n) is 12.0. The number of nitrogens with two attached hydrogens (primary N) is 1.